The third-order valence-corrected chi connectivity index (χ3v) is 11.0. The minimum atomic E-state index is -1.57. The van der Waals surface area contributed by atoms with Gasteiger partial charge in [0, 0.05) is 6.42 Å². The fraction of sp³-hybridized carbons (Fsp3) is 0.891. The number of carbonyl (C=O) groups is 1. The van der Waals surface area contributed by atoms with Gasteiger partial charge in [-0.1, -0.05) is 199 Å². The topological polar surface area (TPSA) is 149 Å². The number of ether oxygens (including phenoxy) is 2. The molecule has 0 aromatic rings. The van der Waals surface area contributed by atoms with E-state index < -0.39 is 49.5 Å². The lowest BCUT2D eigenvalue weighted by Gasteiger charge is -2.40. The SMILES string of the molecule is CCCC/C=C/CC/C=C/C(O)C(COC1OC(CO)C(O)C(O)C1O)NC(=O)CCCCCCCCCCCCCCCCCCCCCCCCCC. The van der Waals surface area contributed by atoms with Crippen molar-refractivity contribution in [3.05, 3.63) is 24.3 Å². The largest absolute Gasteiger partial charge is 0.394 e. The van der Waals surface area contributed by atoms with Crippen molar-refractivity contribution in [3.8, 4) is 0 Å². The van der Waals surface area contributed by atoms with E-state index in [1.54, 1.807) is 6.08 Å². The maximum Gasteiger partial charge on any atom is 0.220 e. The quantitative estimate of drug-likeness (QED) is 0.0268. The van der Waals surface area contributed by atoms with Gasteiger partial charge < -0.3 is 40.3 Å². The van der Waals surface area contributed by atoms with E-state index in [4.69, 9.17) is 9.47 Å². The number of allylic oxidation sites excluding steroid dienone is 3. The normalized spacial score (nSPS) is 21.5. The Bertz CT molecular complexity index is 914. The summed E-state index contributed by atoms with van der Waals surface area (Å²) in [4.78, 5) is 12.9. The summed E-state index contributed by atoms with van der Waals surface area (Å²) >= 11 is 0. The minimum absolute atomic E-state index is 0.187. The van der Waals surface area contributed by atoms with Crippen LogP contribution >= 0.6 is 0 Å². The summed E-state index contributed by atoms with van der Waals surface area (Å²) in [6.45, 7) is 3.69. The second kappa shape index (κ2) is 37.0. The maximum absolute atomic E-state index is 12.9. The molecule has 9 heteroatoms. The monoisotopic (exact) mass is 782 g/mol. The predicted octanol–water partition coefficient (Wildman–Crippen LogP) is 9.50. The maximum atomic E-state index is 12.9. The summed E-state index contributed by atoms with van der Waals surface area (Å²) < 4.78 is 11.1. The molecule has 0 aliphatic carbocycles. The number of unbranched alkanes of at least 4 members (excludes halogenated alkanes) is 26. The molecule has 1 aliphatic heterocycles. The van der Waals surface area contributed by atoms with Crippen molar-refractivity contribution >= 4 is 5.91 Å². The predicted molar refractivity (Wildman–Crippen MR) is 226 cm³/mol. The molecule has 1 amide bonds. The summed E-state index contributed by atoms with van der Waals surface area (Å²) in [5, 5.41) is 53.9. The van der Waals surface area contributed by atoms with Crippen LogP contribution in [0.1, 0.15) is 206 Å². The number of hydrogen-bond acceptors (Lipinski definition) is 8. The zero-order valence-electron chi connectivity index (χ0n) is 35.4. The van der Waals surface area contributed by atoms with Crippen molar-refractivity contribution < 1.29 is 39.8 Å². The van der Waals surface area contributed by atoms with Crippen LogP contribution in [-0.4, -0.2) is 87.5 Å². The average molecular weight is 782 g/mol. The van der Waals surface area contributed by atoms with Crippen molar-refractivity contribution in [2.24, 2.45) is 0 Å². The fourth-order valence-corrected chi connectivity index (χ4v) is 7.28. The Kier molecular flexibility index (Phi) is 34.7. The van der Waals surface area contributed by atoms with Gasteiger partial charge in [0.25, 0.3) is 0 Å². The molecular formula is C46H87NO8. The third kappa shape index (κ3) is 27.9. The highest BCUT2D eigenvalue weighted by Gasteiger charge is 2.44. The van der Waals surface area contributed by atoms with E-state index in [0.717, 1.165) is 44.9 Å². The van der Waals surface area contributed by atoms with Crippen molar-refractivity contribution in [2.45, 2.75) is 249 Å². The van der Waals surface area contributed by atoms with Crippen molar-refractivity contribution in [3.63, 3.8) is 0 Å². The molecule has 324 valence electrons. The molecule has 9 nitrogen and oxygen atoms in total. The van der Waals surface area contributed by atoms with Gasteiger partial charge in [0.15, 0.2) is 6.29 Å². The summed E-state index contributed by atoms with van der Waals surface area (Å²) in [5.74, 6) is -0.187. The van der Waals surface area contributed by atoms with Crippen LogP contribution in [-0.2, 0) is 14.3 Å². The number of carbonyl (C=O) groups excluding carboxylic acids is 1. The molecule has 0 bridgehead atoms. The molecule has 0 aromatic carbocycles. The molecule has 7 atom stereocenters. The second-order valence-electron chi connectivity index (χ2n) is 16.2. The van der Waals surface area contributed by atoms with E-state index in [2.05, 4.69) is 31.3 Å². The van der Waals surface area contributed by atoms with Crippen LogP contribution in [0.15, 0.2) is 24.3 Å². The van der Waals surface area contributed by atoms with Gasteiger partial charge in [0.05, 0.1) is 25.4 Å². The van der Waals surface area contributed by atoms with Crippen LogP contribution < -0.4 is 5.32 Å². The summed E-state index contributed by atoms with van der Waals surface area (Å²) in [5.41, 5.74) is 0. The number of aliphatic hydroxyl groups is 5. The van der Waals surface area contributed by atoms with Crippen molar-refractivity contribution in [1.29, 1.82) is 0 Å². The van der Waals surface area contributed by atoms with Crippen LogP contribution in [0.4, 0.5) is 0 Å². The third-order valence-electron chi connectivity index (χ3n) is 11.0. The molecule has 0 aromatic heterocycles. The number of hydrogen-bond donors (Lipinski definition) is 6. The lowest BCUT2D eigenvalue weighted by atomic mass is 9.99. The first-order valence-electron chi connectivity index (χ1n) is 23.1. The molecule has 1 fully saturated rings. The number of nitrogens with one attached hydrogen (secondary N) is 1. The molecular weight excluding hydrogens is 695 g/mol. The zero-order chi connectivity index (χ0) is 40.2. The summed E-state index contributed by atoms with van der Waals surface area (Å²) in [6, 6.07) is -0.814. The van der Waals surface area contributed by atoms with Crippen molar-refractivity contribution in [2.75, 3.05) is 13.2 Å². The van der Waals surface area contributed by atoms with Gasteiger partial charge in [-0.2, -0.15) is 0 Å². The molecule has 6 N–H and O–H groups in total. The Morgan fingerprint density at radius 1 is 0.600 bits per heavy atom. The van der Waals surface area contributed by atoms with E-state index in [1.165, 1.54) is 141 Å². The zero-order valence-corrected chi connectivity index (χ0v) is 35.4. The molecule has 0 spiro atoms. The fourth-order valence-electron chi connectivity index (χ4n) is 7.28. The van der Waals surface area contributed by atoms with Crippen LogP contribution in [0.5, 0.6) is 0 Å². The molecule has 0 saturated carbocycles. The Hall–Kier alpha value is -1.33. The van der Waals surface area contributed by atoms with Gasteiger partial charge in [0.2, 0.25) is 5.91 Å². The lowest BCUT2D eigenvalue weighted by Crippen LogP contribution is -2.60. The van der Waals surface area contributed by atoms with E-state index in [9.17, 15) is 30.3 Å². The average Bonchev–Trinajstić information content (AvgIpc) is 3.18. The molecule has 1 rings (SSSR count). The van der Waals surface area contributed by atoms with Crippen LogP contribution in [0.3, 0.4) is 0 Å². The van der Waals surface area contributed by atoms with E-state index in [0.29, 0.717) is 6.42 Å². The highest BCUT2D eigenvalue weighted by Crippen LogP contribution is 2.23. The number of amides is 1. The van der Waals surface area contributed by atoms with Crippen molar-refractivity contribution in [1.82, 2.24) is 5.32 Å². The smallest absolute Gasteiger partial charge is 0.220 e. The van der Waals surface area contributed by atoms with E-state index >= 15 is 0 Å². The highest BCUT2D eigenvalue weighted by molar-refractivity contribution is 5.76. The van der Waals surface area contributed by atoms with Gasteiger partial charge in [-0.3, -0.25) is 4.79 Å². The minimum Gasteiger partial charge on any atom is -0.394 e. The first kappa shape index (κ1) is 51.7. The van der Waals surface area contributed by atoms with Gasteiger partial charge in [0.1, 0.15) is 24.4 Å². The Morgan fingerprint density at radius 3 is 1.51 bits per heavy atom. The van der Waals surface area contributed by atoms with Crippen LogP contribution in [0.25, 0.3) is 0 Å². The molecule has 7 unspecified atom stereocenters. The number of rotatable bonds is 38. The van der Waals surface area contributed by atoms with E-state index in [1.807, 2.05) is 6.08 Å². The first-order chi connectivity index (χ1) is 26.8. The number of aliphatic hydroxyl groups excluding tert-OH is 5. The lowest BCUT2D eigenvalue weighted by molar-refractivity contribution is -0.302. The van der Waals surface area contributed by atoms with Crippen LogP contribution in [0, 0.1) is 0 Å². The Balaban J connectivity index is 2.19. The standard InChI is InChI=1S/C46H87NO8/c1-3-5-7-9-11-13-14-15-16-17-18-19-20-21-22-23-24-25-26-27-28-30-32-34-36-42(50)47-39(40(49)35-33-31-29-12-10-8-6-4-2)38-54-46-45(53)44(52)43(51)41(37-48)55-46/h10,12,33,35,39-41,43-46,48-49,51-53H,3-9,11,13-32,34,36-38H2,1-2H3,(H,47,50)/b12-10+,35-33+. The molecule has 55 heavy (non-hydrogen) atoms. The molecule has 0 radical (unpaired) electrons. The first-order valence-corrected chi connectivity index (χ1v) is 23.1. The Labute approximate surface area is 337 Å². The van der Waals surface area contributed by atoms with E-state index in [-0.39, 0.29) is 12.5 Å². The summed E-state index contributed by atoms with van der Waals surface area (Å²) in [7, 11) is 0. The molecule has 1 heterocycles. The van der Waals surface area contributed by atoms with Gasteiger partial charge >= 0.3 is 0 Å². The molecule has 1 saturated heterocycles. The van der Waals surface area contributed by atoms with Gasteiger partial charge in [-0.15, -0.1) is 0 Å². The van der Waals surface area contributed by atoms with Gasteiger partial charge in [-0.05, 0) is 25.7 Å². The summed E-state index contributed by atoms with van der Waals surface area (Å²) in [6.07, 6.45) is 36.9. The van der Waals surface area contributed by atoms with Gasteiger partial charge in [-0.25, -0.2) is 0 Å². The molecule has 1 aliphatic rings. The second-order valence-corrected chi connectivity index (χ2v) is 16.2. The Morgan fingerprint density at radius 2 is 1.04 bits per heavy atom. The highest BCUT2D eigenvalue weighted by atomic mass is 16.7. The van der Waals surface area contributed by atoms with Crippen LogP contribution in [0.2, 0.25) is 0 Å².